The minimum absolute atomic E-state index is 0.201. The average Bonchev–Trinajstić information content (AvgIpc) is 3.49. The number of imidazole rings is 1. The van der Waals surface area contributed by atoms with E-state index in [0.29, 0.717) is 12.1 Å². The number of nitrogens with zero attached hydrogens (tertiary/aromatic N) is 2. The Kier molecular flexibility index (Phi) is 6.57. The third-order valence-electron chi connectivity index (χ3n) is 4.85. The van der Waals surface area contributed by atoms with E-state index in [2.05, 4.69) is 15.6 Å². The Labute approximate surface area is 190 Å². The molecular formula is C25H22N4O2S. The first-order valence-electron chi connectivity index (χ1n) is 10.1. The van der Waals surface area contributed by atoms with Crippen molar-refractivity contribution in [1.29, 1.82) is 0 Å². The predicted octanol–water partition coefficient (Wildman–Crippen LogP) is 4.33. The quantitative estimate of drug-likeness (QED) is 0.418. The number of hydrogen-bond acceptors (Lipinski definition) is 4. The van der Waals surface area contributed by atoms with Gasteiger partial charge in [0.05, 0.1) is 0 Å². The Balaban J connectivity index is 1.45. The molecular weight excluding hydrogens is 420 g/mol. The summed E-state index contributed by atoms with van der Waals surface area (Å²) in [6.07, 6.45) is 5.35. The highest BCUT2D eigenvalue weighted by molar-refractivity contribution is 7.10. The maximum absolute atomic E-state index is 12.9. The molecule has 0 aliphatic rings. The third-order valence-corrected chi connectivity index (χ3v) is 5.67. The number of thiophene rings is 1. The lowest BCUT2D eigenvalue weighted by atomic mass is 10.2. The lowest BCUT2D eigenvalue weighted by Gasteiger charge is -2.12. The fourth-order valence-electron chi connectivity index (χ4n) is 3.16. The molecule has 0 radical (unpaired) electrons. The summed E-state index contributed by atoms with van der Waals surface area (Å²) >= 11 is 1.49. The number of rotatable bonds is 7. The van der Waals surface area contributed by atoms with Crippen molar-refractivity contribution >= 4 is 29.2 Å². The monoisotopic (exact) mass is 442 g/mol. The number of aryl methyl sites for hydroxylation is 1. The molecule has 4 aromatic rings. The van der Waals surface area contributed by atoms with Crippen molar-refractivity contribution in [3.8, 4) is 5.69 Å². The van der Waals surface area contributed by atoms with E-state index in [9.17, 15) is 9.59 Å². The molecule has 7 heteroatoms. The fourth-order valence-corrected chi connectivity index (χ4v) is 3.82. The van der Waals surface area contributed by atoms with E-state index >= 15 is 0 Å². The van der Waals surface area contributed by atoms with E-state index in [1.807, 2.05) is 65.5 Å². The van der Waals surface area contributed by atoms with Gasteiger partial charge in [0.2, 0.25) is 0 Å². The zero-order valence-corrected chi connectivity index (χ0v) is 18.3. The molecule has 0 saturated carbocycles. The van der Waals surface area contributed by atoms with Gasteiger partial charge in [-0.15, -0.1) is 11.3 Å². The third kappa shape index (κ3) is 5.19. The molecule has 0 aliphatic heterocycles. The van der Waals surface area contributed by atoms with Crippen LogP contribution in [0.4, 0.5) is 0 Å². The Morgan fingerprint density at radius 2 is 1.81 bits per heavy atom. The summed E-state index contributed by atoms with van der Waals surface area (Å²) in [6, 6.07) is 20.5. The Bertz CT molecular complexity index is 1230. The smallest absolute Gasteiger partial charge is 0.268 e. The highest BCUT2D eigenvalue weighted by atomic mass is 32.1. The number of carbonyl (C=O) groups excluding carboxylic acids is 2. The summed E-state index contributed by atoms with van der Waals surface area (Å²) in [6.45, 7) is 2.28. The molecule has 2 aromatic heterocycles. The molecule has 0 bridgehead atoms. The van der Waals surface area contributed by atoms with Crippen LogP contribution in [0.15, 0.2) is 90.2 Å². The molecule has 2 N–H and O–H groups in total. The van der Waals surface area contributed by atoms with Crippen molar-refractivity contribution in [1.82, 2.24) is 20.2 Å². The van der Waals surface area contributed by atoms with Crippen LogP contribution < -0.4 is 10.6 Å². The summed E-state index contributed by atoms with van der Waals surface area (Å²) in [5.41, 5.74) is 2.64. The Hall–Kier alpha value is -3.97. The van der Waals surface area contributed by atoms with E-state index in [-0.39, 0.29) is 17.5 Å². The second-order valence-corrected chi connectivity index (χ2v) is 8.07. The van der Waals surface area contributed by atoms with Gasteiger partial charge in [0.15, 0.2) is 0 Å². The van der Waals surface area contributed by atoms with Gasteiger partial charge in [-0.1, -0.05) is 36.4 Å². The SMILES string of the molecule is Cc1nccn1-c1ccc(CNC(=O)/C(=C/c2cccs2)NC(=O)c2ccccc2)cc1. The van der Waals surface area contributed by atoms with E-state index in [1.165, 1.54) is 11.3 Å². The summed E-state index contributed by atoms with van der Waals surface area (Å²) < 4.78 is 1.99. The standard InChI is InChI=1S/C25H22N4O2S/c1-18-26-13-14-29(18)21-11-9-19(10-12-21)17-27-25(31)23(16-22-8-5-15-32-22)28-24(30)20-6-3-2-4-7-20/h2-16H,17H2,1H3,(H,27,31)(H,28,30)/b23-16-. The van der Waals surface area contributed by atoms with E-state index in [1.54, 1.807) is 36.5 Å². The molecule has 0 atom stereocenters. The Morgan fingerprint density at radius 3 is 2.47 bits per heavy atom. The van der Waals surface area contributed by atoms with Gasteiger partial charge < -0.3 is 15.2 Å². The number of benzene rings is 2. The second kappa shape index (κ2) is 9.89. The van der Waals surface area contributed by atoms with E-state index in [0.717, 1.165) is 22.0 Å². The number of aromatic nitrogens is 2. The van der Waals surface area contributed by atoms with Crippen LogP contribution in [0.1, 0.15) is 26.6 Å². The fraction of sp³-hybridized carbons (Fsp3) is 0.0800. The normalized spacial score (nSPS) is 11.2. The molecule has 0 fully saturated rings. The second-order valence-electron chi connectivity index (χ2n) is 7.09. The van der Waals surface area contributed by atoms with Gasteiger partial charge in [0.25, 0.3) is 11.8 Å². The van der Waals surface area contributed by atoms with Crippen LogP contribution in [0.2, 0.25) is 0 Å². The molecule has 0 aliphatic carbocycles. The number of amides is 2. The van der Waals surface area contributed by atoms with Crippen molar-refractivity contribution in [2.75, 3.05) is 0 Å². The van der Waals surface area contributed by atoms with E-state index in [4.69, 9.17) is 0 Å². The van der Waals surface area contributed by atoms with Crippen LogP contribution in [0, 0.1) is 6.92 Å². The molecule has 2 heterocycles. The molecule has 0 saturated heterocycles. The summed E-state index contributed by atoms with van der Waals surface area (Å²) in [5.74, 6) is 0.226. The summed E-state index contributed by atoms with van der Waals surface area (Å²) in [7, 11) is 0. The first-order valence-corrected chi connectivity index (χ1v) is 11.0. The highest BCUT2D eigenvalue weighted by Crippen LogP contribution is 2.14. The van der Waals surface area contributed by atoms with Crippen molar-refractivity contribution in [3.63, 3.8) is 0 Å². The van der Waals surface area contributed by atoms with Crippen LogP contribution in [0.25, 0.3) is 11.8 Å². The lowest BCUT2D eigenvalue weighted by Crippen LogP contribution is -2.34. The van der Waals surface area contributed by atoms with Crippen LogP contribution in [-0.2, 0) is 11.3 Å². The van der Waals surface area contributed by atoms with Crippen LogP contribution in [-0.4, -0.2) is 21.4 Å². The topological polar surface area (TPSA) is 76.0 Å². The van der Waals surface area contributed by atoms with Crippen molar-refractivity contribution in [2.45, 2.75) is 13.5 Å². The first-order chi connectivity index (χ1) is 15.6. The molecule has 2 amide bonds. The summed E-state index contributed by atoms with van der Waals surface area (Å²) in [5, 5.41) is 7.57. The van der Waals surface area contributed by atoms with Crippen LogP contribution in [0.3, 0.4) is 0 Å². The highest BCUT2D eigenvalue weighted by Gasteiger charge is 2.15. The number of carbonyl (C=O) groups is 2. The molecule has 32 heavy (non-hydrogen) atoms. The minimum atomic E-state index is -0.350. The van der Waals surface area contributed by atoms with Gasteiger partial charge >= 0.3 is 0 Å². The van der Waals surface area contributed by atoms with Gasteiger partial charge in [-0.3, -0.25) is 9.59 Å². The molecule has 160 valence electrons. The molecule has 4 rings (SSSR count). The molecule has 0 spiro atoms. The van der Waals surface area contributed by atoms with Crippen LogP contribution in [0.5, 0.6) is 0 Å². The largest absolute Gasteiger partial charge is 0.347 e. The van der Waals surface area contributed by atoms with Gasteiger partial charge in [-0.05, 0) is 54.3 Å². The van der Waals surface area contributed by atoms with E-state index < -0.39 is 0 Å². The van der Waals surface area contributed by atoms with Crippen LogP contribution >= 0.6 is 11.3 Å². The maximum atomic E-state index is 12.9. The zero-order chi connectivity index (χ0) is 22.3. The van der Waals surface area contributed by atoms with Crippen molar-refractivity contribution < 1.29 is 9.59 Å². The van der Waals surface area contributed by atoms with Crippen molar-refractivity contribution in [2.24, 2.45) is 0 Å². The molecule has 0 unspecified atom stereocenters. The first kappa shape index (κ1) is 21.3. The lowest BCUT2D eigenvalue weighted by molar-refractivity contribution is -0.117. The molecule has 6 nitrogen and oxygen atoms in total. The van der Waals surface area contributed by atoms with Gasteiger partial charge in [-0.2, -0.15) is 0 Å². The summed E-state index contributed by atoms with van der Waals surface area (Å²) in [4.78, 5) is 30.6. The molecule has 2 aromatic carbocycles. The Morgan fingerprint density at radius 1 is 1.03 bits per heavy atom. The number of hydrogen-bond donors (Lipinski definition) is 2. The number of nitrogens with one attached hydrogen (secondary N) is 2. The average molecular weight is 443 g/mol. The predicted molar refractivity (Wildman–Crippen MR) is 126 cm³/mol. The maximum Gasteiger partial charge on any atom is 0.268 e. The van der Waals surface area contributed by atoms with Gasteiger partial charge in [0, 0.05) is 35.1 Å². The van der Waals surface area contributed by atoms with Crippen molar-refractivity contribution in [3.05, 3.63) is 112 Å². The zero-order valence-electron chi connectivity index (χ0n) is 17.5. The van der Waals surface area contributed by atoms with Gasteiger partial charge in [0.1, 0.15) is 11.5 Å². The minimum Gasteiger partial charge on any atom is -0.347 e. The van der Waals surface area contributed by atoms with Gasteiger partial charge in [-0.25, -0.2) is 4.98 Å².